The normalized spacial score (nSPS) is 23.8. The molecule has 2 aliphatic rings. The Morgan fingerprint density at radius 2 is 1.84 bits per heavy atom. The van der Waals surface area contributed by atoms with E-state index in [0.717, 1.165) is 32.7 Å². The molecule has 6 rings (SSSR count). The third-order valence-electron chi connectivity index (χ3n) is 9.87. The summed E-state index contributed by atoms with van der Waals surface area (Å²) in [7, 11) is 1.29. The van der Waals surface area contributed by atoms with Crippen molar-refractivity contribution in [1.82, 2.24) is 15.0 Å². The van der Waals surface area contributed by atoms with Gasteiger partial charge in [0.2, 0.25) is 0 Å². The molecule has 1 unspecified atom stereocenters. The van der Waals surface area contributed by atoms with Crippen molar-refractivity contribution < 1.29 is 19.4 Å². The molecule has 1 amide bonds. The first-order chi connectivity index (χ1) is 21.1. The second-order valence-electron chi connectivity index (χ2n) is 12.5. The fraction of sp³-hybridized carbons (Fsp3) is 0.382. The van der Waals surface area contributed by atoms with Crippen molar-refractivity contribution in [2.75, 3.05) is 25.7 Å². The lowest BCUT2D eigenvalue weighted by atomic mass is 9.82. The number of halogens is 1. The molecule has 0 saturated carbocycles. The zero-order chi connectivity index (χ0) is 31.2. The second-order valence-corrected chi connectivity index (χ2v) is 18.1. The molecule has 10 heteroatoms. The number of carbonyl (C=O) groups excluding carboxylic acids is 1. The molecule has 2 aliphatic heterocycles. The molecule has 5 atom stereocenters. The number of rotatable bonds is 9. The Morgan fingerprint density at radius 3 is 2.52 bits per heavy atom. The van der Waals surface area contributed by atoms with Gasteiger partial charge in [0.15, 0.2) is 5.60 Å². The molecule has 8 nitrogen and oxygen atoms in total. The number of fused-ring (bicyclic) bond motifs is 2. The summed E-state index contributed by atoms with van der Waals surface area (Å²) in [6.45, 7) is 7.49. The smallest absolute Gasteiger partial charge is 0.264 e. The number of aliphatic hydroxyl groups is 1. The highest BCUT2D eigenvalue weighted by Gasteiger charge is 2.65. The van der Waals surface area contributed by atoms with E-state index in [1.807, 2.05) is 72.5 Å². The summed E-state index contributed by atoms with van der Waals surface area (Å²) >= 11 is 3.65. The zero-order valence-electron chi connectivity index (χ0n) is 25.8. The molecule has 1 spiro atoms. The monoisotopic (exact) mass is 674 g/mol. The summed E-state index contributed by atoms with van der Waals surface area (Å²) in [5.41, 5.74) is 2.61. The van der Waals surface area contributed by atoms with Crippen molar-refractivity contribution >= 4 is 40.8 Å². The van der Waals surface area contributed by atoms with Gasteiger partial charge in [0.25, 0.3) is 5.91 Å². The minimum absolute atomic E-state index is 0.0122. The van der Waals surface area contributed by atoms with Crippen molar-refractivity contribution in [2.24, 2.45) is 5.92 Å². The first-order valence-electron chi connectivity index (χ1n) is 15.1. The molecule has 0 radical (unpaired) electrons. The number of carbonyl (C=O) groups is 1. The molecule has 0 aliphatic carbocycles. The highest BCUT2D eigenvalue weighted by molar-refractivity contribution is 9.10. The molecule has 230 valence electrons. The summed E-state index contributed by atoms with van der Waals surface area (Å²) < 4.78 is 15.3. The van der Waals surface area contributed by atoms with E-state index in [-0.39, 0.29) is 36.0 Å². The fourth-order valence-electron chi connectivity index (χ4n) is 7.56. The van der Waals surface area contributed by atoms with Gasteiger partial charge in [-0.15, -0.1) is 5.10 Å². The van der Waals surface area contributed by atoms with Crippen molar-refractivity contribution in [3.05, 3.63) is 100 Å². The number of methoxy groups -OCH3 is 1. The van der Waals surface area contributed by atoms with E-state index in [9.17, 15) is 9.90 Å². The van der Waals surface area contributed by atoms with Crippen molar-refractivity contribution in [2.45, 2.75) is 56.1 Å². The van der Waals surface area contributed by atoms with Gasteiger partial charge in [0, 0.05) is 35.7 Å². The maximum absolute atomic E-state index is 14.2. The number of benzene rings is 3. The quantitative estimate of drug-likeness (QED) is 0.237. The predicted molar refractivity (Wildman–Crippen MR) is 177 cm³/mol. The van der Waals surface area contributed by atoms with Gasteiger partial charge in [-0.2, -0.15) is 0 Å². The maximum atomic E-state index is 14.2. The Bertz CT molecular complexity index is 1650. The van der Waals surface area contributed by atoms with Gasteiger partial charge in [-0.3, -0.25) is 9.48 Å². The van der Waals surface area contributed by atoms with Crippen LogP contribution in [0.3, 0.4) is 0 Å². The largest absolute Gasteiger partial charge is 0.497 e. The Kier molecular flexibility index (Phi) is 8.29. The average molecular weight is 676 g/mol. The lowest BCUT2D eigenvalue weighted by Gasteiger charge is -2.37. The van der Waals surface area contributed by atoms with E-state index >= 15 is 0 Å². The minimum Gasteiger partial charge on any atom is -0.497 e. The van der Waals surface area contributed by atoms with Crippen LogP contribution in [-0.4, -0.2) is 60.9 Å². The number of aryl methyl sites for hydroxylation is 1. The number of amides is 1. The standard InChI is InChI=1S/C34H39BrN4O4Si/c1-22-32(44(4,5)26-14-12-25(42-3)13-15-26)31(43-34(22)28-19-24(35)11-16-30(28)38(2)33(34)41)17-18-39-20-29(36-37-39)27(21-40)23-9-7-6-8-10-23/h6-16,19-20,22,27,31-32,40H,17-18,21H2,1-5H3/t22-,27?,31+,32-,34+/m1/s1. The van der Waals surface area contributed by atoms with Crippen LogP contribution in [0.2, 0.25) is 18.6 Å². The Hall–Kier alpha value is -3.31. The minimum atomic E-state index is -2.23. The van der Waals surface area contributed by atoms with Gasteiger partial charge in [0.1, 0.15) is 5.75 Å². The molecule has 4 aromatic rings. The van der Waals surface area contributed by atoms with E-state index in [0.29, 0.717) is 13.0 Å². The summed E-state index contributed by atoms with van der Waals surface area (Å²) in [4.78, 5) is 16.0. The highest BCUT2D eigenvalue weighted by Crippen LogP contribution is 2.60. The number of hydrogen-bond acceptors (Lipinski definition) is 6. The van der Waals surface area contributed by atoms with Gasteiger partial charge in [-0.05, 0) is 47.9 Å². The van der Waals surface area contributed by atoms with E-state index in [1.54, 1.807) is 12.0 Å². The van der Waals surface area contributed by atoms with Gasteiger partial charge >= 0.3 is 0 Å². The lowest BCUT2D eigenvalue weighted by Crippen LogP contribution is -2.51. The van der Waals surface area contributed by atoms with Gasteiger partial charge < -0.3 is 19.5 Å². The van der Waals surface area contributed by atoms with Crippen LogP contribution < -0.4 is 14.8 Å². The summed E-state index contributed by atoms with van der Waals surface area (Å²) in [5.74, 6) is 0.505. The topological polar surface area (TPSA) is 89.7 Å². The molecular formula is C34H39BrN4O4Si. The number of ether oxygens (including phenoxy) is 2. The first kappa shape index (κ1) is 30.7. The first-order valence-corrected chi connectivity index (χ1v) is 18.9. The second kappa shape index (κ2) is 11.9. The Morgan fingerprint density at radius 1 is 1.11 bits per heavy atom. The van der Waals surface area contributed by atoms with E-state index in [2.05, 4.69) is 64.5 Å². The van der Waals surface area contributed by atoms with Crippen molar-refractivity contribution in [1.29, 1.82) is 0 Å². The molecule has 1 aromatic heterocycles. The number of aliphatic hydroxyl groups excluding tert-OH is 1. The van der Waals surface area contributed by atoms with Gasteiger partial charge in [-0.1, -0.05) is 88.8 Å². The molecule has 3 aromatic carbocycles. The van der Waals surface area contributed by atoms with Crippen molar-refractivity contribution in [3.8, 4) is 5.75 Å². The van der Waals surface area contributed by atoms with Crippen LogP contribution in [0.15, 0.2) is 83.5 Å². The summed E-state index contributed by atoms with van der Waals surface area (Å²) in [6.07, 6.45) is 2.40. The average Bonchev–Trinajstić information content (AvgIpc) is 3.68. The zero-order valence-corrected chi connectivity index (χ0v) is 28.4. The van der Waals surface area contributed by atoms with Crippen LogP contribution in [0.5, 0.6) is 5.75 Å². The van der Waals surface area contributed by atoms with Gasteiger partial charge in [-0.25, -0.2) is 0 Å². The molecule has 3 heterocycles. The maximum Gasteiger partial charge on any atom is 0.264 e. The summed E-state index contributed by atoms with van der Waals surface area (Å²) in [5, 5.41) is 20.3. The van der Waals surface area contributed by atoms with E-state index < -0.39 is 13.7 Å². The lowest BCUT2D eigenvalue weighted by molar-refractivity contribution is -0.145. The van der Waals surface area contributed by atoms with Crippen LogP contribution in [0.25, 0.3) is 0 Å². The number of anilines is 1. The predicted octanol–water partition coefficient (Wildman–Crippen LogP) is 5.46. The number of aromatic nitrogens is 3. The van der Waals surface area contributed by atoms with Gasteiger partial charge in [0.05, 0.1) is 45.2 Å². The third-order valence-corrected chi connectivity index (χ3v) is 14.7. The Balaban J connectivity index is 1.35. The fourth-order valence-corrected chi connectivity index (χ4v) is 12.0. The molecule has 1 N–H and O–H groups in total. The van der Waals surface area contributed by atoms with Crippen LogP contribution in [0, 0.1) is 5.92 Å². The molecule has 1 saturated heterocycles. The Labute approximate surface area is 268 Å². The van der Waals surface area contributed by atoms with Crippen LogP contribution >= 0.6 is 15.9 Å². The highest BCUT2D eigenvalue weighted by atomic mass is 79.9. The molecule has 1 fully saturated rings. The SMILES string of the molecule is COc1ccc([Si](C)(C)[C@H]2[C@H](CCn3cc(C(CO)c4ccccc4)nn3)O[C@@]3(C(=O)N(C)c4ccc(Br)cc43)[C@@H]2C)cc1. The number of hydrogen-bond donors (Lipinski definition) is 1. The number of nitrogens with zero attached hydrogens (tertiary/aromatic N) is 4. The van der Waals surface area contributed by atoms with Crippen LogP contribution in [0.1, 0.15) is 36.1 Å². The molecule has 0 bridgehead atoms. The molecular weight excluding hydrogens is 636 g/mol. The van der Waals surface area contributed by atoms with E-state index in [1.165, 1.54) is 5.19 Å². The van der Waals surface area contributed by atoms with Crippen molar-refractivity contribution in [3.63, 3.8) is 0 Å². The summed E-state index contributed by atoms with van der Waals surface area (Å²) in [6, 6.07) is 24.3. The third kappa shape index (κ3) is 5.01. The number of likely N-dealkylation sites (N-methyl/N-ethyl adjacent to an activating group) is 1. The molecule has 44 heavy (non-hydrogen) atoms. The van der Waals surface area contributed by atoms with Crippen LogP contribution in [0.4, 0.5) is 5.69 Å². The van der Waals surface area contributed by atoms with Crippen LogP contribution in [-0.2, 0) is 21.7 Å². The van der Waals surface area contributed by atoms with E-state index in [4.69, 9.17) is 9.47 Å².